The van der Waals surface area contributed by atoms with E-state index in [1.165, 1.54) is 12.2 Å². The van der Waals surface area contributed by atoms with Crippen LogP contribution < -0.4 is 5.32 Å². The van der Waals surface area contributed by atoms with Gasteiger partial charge < -0.3 is 10.1 Å². The molecule has 0 aliphatic carbocycles. The van der Waals surface area contributed by atoms with Gasteiger partial charge in [-0.2, -0.15) is 0 Å². The smallest absolute Gasteiger partial charge is 0.156 e. The number of aliphatic imine (C=N–C) groups is 1. The topological polar surface area (TPSA) is 36.9 Å². The Morgan fingerprint density at radius 2 is 2.37 bits per heavy atom. The lowest BCUT2D eigenvalue weighted by Gasteiger charge is -2.32. The number of morpholine rings is 1. The number of nitrogens with zero attached hydrogens (tertiary/aromatic N) is 2. The van der Waals surface area contributed by atoms with Crippen molar-refractivity contribution in [3.63, 3.8) is 0 Å². The van der Waals surface area contributed by atoms with Crippen molar-refractivity contribution in [3.8, 4) is 0 Å². The lowest BCUT2D eigenvalue weighted by atomic mass is 10.0. The Hall–Kier alpha value is -0.260. The van der Waals surface area contributed by atoms with Crippen LogP contribution in [0.25, 0.3) is 0 Å². The second-order valence-electron chi connectivity index (χ2n) is 5.66. The van der Waals surface area contributed by atoms with Crippen molar-refractivity contribution in [1.29, 1.82) is 0 Å². The Morgan fingerprint density at radius 3 is 3.11 bits per heavy atom. The maximum Gasteiger partial charge on any atom is 0.156 e. The zero-order chi connectivity index (χ0) is 13.7. The van der Waals surface area contributed by atoms with Gasteiger partial charge in [-0.05, 0) is 18.9 Å². The van der Waals surface area contributed by atoms with Gasteiger partial charge in [0.05, 0.1) is 19.3 Å². The van der Waals surface area contributed by atoms with Crippen molar-refractivity contribution in [2.24, 2.45) is 10.9 Å². The highest BCUT2D eigenvalue weighted by molar-refractivity contribution is 8.13. The van der Waals surface area contributed by atoms with Crippen molar-refractivity contribution in [1.82, 2.24) is 10.2 Å². The fourth-order valence-electron chi connectivity index (χ4n) is 2.51. The molecule has 2 aliphatic heterocycles. The van der Waals surface area contributed by atoms with E-state index in [4.69, 9.17) is 9.73 Å². The van der Waals surface area contributed by atoms with Crippen molar-refractivity contribution in [3.05, 3.63) is 0 Å². The summed E-state index contributed by atoms with van der Waals surface area (Å²) in [6, 6.07) is 0.583. The Kier molecular flexibility index (Phi) is 5.98. The van der Waals surface area contributed by atoms with Gasteiger partial charge in [-0.15, -0.1) is 0 Å². The van der Waals surface area contributed by atoms with Crippen LogP contribution in [-0.4, -0.2) is 60.8 Å². The Morgan fingerprint density at radius 1 is 1.53 bits per heavy atom. The number of amidine groups is 1. The summed E-state index contributed by atoms with van der Waals surface area (Å²) in [4.78, 5) is 7.16. The Labute approximate surface area is 121 Å². The fourth-order valence-corrected chi connectivity index (χ4v) is 3.47. The summed E-state index contributed by atoms with van der Waals surface area (Å²) >= 11 is 1.85. The van der Waals surface area contributed by atoms with Crippen LogP contribution in [0.15, 0.2) is 4.99 Å². The monoisotopic (exact) mass is 285 g/mol. The molecular weight excluding hydrogens is 258 g/mol. The third kappa shape index (κ3) is 4.65. The molecular formula is C14H27N3OS. The van der Waals surface area contributed by atoms with Gasteiger partial charge in [0.2, 0.25) is 0 Å². The molecule has 0 aromatic rings. The molecule has 2 rings (SSSR count). The second-order valence-corrected chi connectivity index (χ2v) is 6.75. The molecule has 2 atom stereocenters. The summed E-state index contributed by atoms with van der Waals surface area (Å²) in [7, 11) is 0. The summed E-state index contributed by atoms with van der Waals surface area (Å²) in [5.74, 6) is 1.86. The van der Waals surface area contributed by atoms with E-state index in [1.54, 1.807) is 0 Å². The molecule has 5 heteroatoms. The lowest BCUT2D eigenvalue weighted by Crippen LogP contribution is -2.44. The predicted octanol–water partition coefficient (Wildman–Crippen LogP) is 1.81. The third-order valence-corrected chi connectivity index (χ3v) is 4.85. The molecule has 19 heavy (non-hydrogen) atoms. The van der Waals surface area contributed by atoms with Gasteiger partial charge in [0.25, 0.3) is 0 Å². The van der Waals surface area contributed by atoms with Crippen LogP contribution in [0.5, 0.6) is 0 Å². The molecule has 110 valence electrons. The molecule has 2 saturated heterocycles. The van der Waals surface area contributed by atoms with Crippen LogP contribution in [0.4, 0.5) is 0 Å². The molecule has 2 unspecified atom stereocenters. The van der Waals surface area contributed by atoms with Gasteiger partial charge in [-0.1, -0.05) is 32.5 Å². The number of ether oxygens (including phenoxy) is 1. The molecule has 0 aromatic carbocycles. The van der Waals surface area contributed by atoms with Crippen LogP contribution in [-0.2, 0) is 4.74 Å². The molecule has 2 heterocycles. The van der Waals surface area contributed by atoms with E-state index in [0.717, 1.165) is 38.0 Å². The van der Waals surface area contributed by atoms with Crippen LogP contribution in [0.3, 0.4) is 0 Å². The predicted molar refractivity (Wildman–Crippen MR) is 83.0 cm³/mol. The van der Waals surface area contributed by atoms with Gasteiger partial charge in [0.15, 0.2) is 5.17 Å². The Balaban J connectivity index is 1.81. The first-order valence-electron chi connectivity index (χ1n) is 7.46. The van der Waals surface area contributed by atoms with Crippen LogP contribution in [0, 0.1) is 5.92 Å². The summed E-state index contributed by atoms with van der Waals surface area (Å²) in [5.41, 5.74) is 0. The molecule has 2 aliphatic rings. The van der Waals surface area contributed by atoms with E-state index in [2.05, 4.69) is 31.0 Å². The summed E-state index contributed by atoms with van der Waals surface area (Å²) < 4.78 is 5.79. The van der Waals surface area contributed by atoms with Crippen LogP contribution in [0.2, 0.25) is 0 Å². The molecule has 0 bridgehead atoms. The van der Waals surface area contributed by atoms with E-state index < -0.39 is 0 Å². The molecule has 0 amide bonds. The van der Waals surface area contributed by atoms with Crippen LogP contribution >= 0.6 is 11.8 Å². The number of likely N-dealkylation sites (N-methyl/N-ethyl adjacent to an activating group) is 1. The molecule has 2 fully saturated rings. The highest BCUT2D eigenvalue weighted by atomic mass is 32.2. The van der Waals surface area contributed by atoms with E-state index in [0.29, 0.717) is 12.0 Å². The molecule has 0 saturated carbocycles. The summed E-state index contributed by atoms with van der Waals surface area (Å²) in [5, 5.41) is 4.67. The minimum absolute atomic E-state index is 0.267. The number of rotatable bonds is 4. The van der Waals surface area contributed by atoms with E-state index in [1.807, 2.05) is 11.8 Å². The number of thioether (sulfide) groups is 1. The third-order valence-electron chi connectivity index (χ3n) is 3.89. The number of nitrogens with one attached hydrogen (secondary N) is 1. The minimum atomic E-state index is 0.267. The first-order chi connectivity index (χ1) is 9.19. The van der Waals surface area contributed by atoms with Crippen molar-refractivity contribution in [2.45, 2.75) is 39.3 Å². The van der Waals surface area contributed by atoms with Crippen molar-refractivity contribution >= 4 is 16.9 Å². The first-order valence-corrected chi connectivity index (χ1v) is 8.45. The quantitative estimate of drug-likeness (QED) is 0.855. The second kappa shape index (κ2) is 7.50. The Bertz CT molecular complexity index is 309. The van der Waals surface area contributed by atoms with Crippen LogP contribution in [0.1, 0.15) is 27.2 Å². The highest BCUT2D eigenvalue weighted by Gasteiger charge is 2.22. The molecule has 4 nitrogen and oxygen atoms in total. The average Bonchev–Trinajstić information content (AvgIpc) is 2.45. The fraction of sp³-hybridized carbons (Fsp3) is 0.929. The van der Waals surface area contributed by atoms with E-state index >= 15 is 0 Å². The normalized spacial score (nSPS) is 31.7. The van der Waals surface area contributed by atoms with E-state index in [-0.39, 0.29) is 6.10 Å². The largest absolute Gasteiger partial charge is 0.374 e. The molecule has 1 N–H and O–H groups in total. The minimum Gasteiger partial charge on any atom is -0.374 e. The number of hydrogen-bond acceptors (Lipinski definition) is 4. The zero-order valence-corrected chi connectivity index (χ0v) is 13.2. The molecule has 0 radical (unpaired) electrons. The lowest BCUT2D eigenvalue weighted by molar-refractivity contribution is -0.0209. The maximum atomic E-state index is 5.79. The average molecular weight is 285 g/mol. The summed E-state index contributed by atoms with van der Waals surface area (Å²) in [6.07, 6.45) is 1.51. The molecule has 0 spiro atoms. The van der Waals surface area contributed by atoms with Gasteiger partial charge in [0.1, 0.15) is 0 Å². The number of hydrogen-bond donors (Lipinski definition) is 1. The SMILES string of the molecule is CCN1CCOC(CN=C2NC(C(C)C)CCS2)C1. The zero-order valence-electron chi connectivity index (χ0n) is 12.4. The maximum absolute atomic E-state index is 5.79. The van der Waals surface area contributed by atoms with Crippen molar-refractivity contribution in [2.75, 3.05) is 38.5 Å². The highest BCUT2D eigenvalue weighted by Crippen LogP contribution is 2.19. The van der Waals surface area contributed by atoms with Gasteiger partial charge >= 0.3 is 0 Å². The standard InChI is InChI=1S/C14H27N3OS/c1-4-17-6-7-18-12(10-17)9-15-14-16-13(11(2)3)5-8-19-14/h11-13H,4-10H2,1-3H3,(H,15,16). The van der Waals surface area contributed by atoms with Gasteiger partial charge in [-0.3, -0.25) is 9.89 Å². The summed E-state index contributed by atoms with van der Waals surface area (Å²) in [6.45, 7) is 11.6. The first kappa shape index (κ1) is 15.1. The van der Waals surface area contributed by atoms with Gasteiger partial charge in [-0.25, -0.2) is 0 Å². The van der Waals surface area contributed by atoms with E-state index in [9.17, 15) is 0 Å². The van der Waals surface area contributed by atoms with Crippen molar-refractivity contribution < 1.29 is 4.74 Å². The van der Waals surface area contributed by atoms with Gasteiger partial charge in [0, 0.05) is 24.9 Å². The molecule has 0 aromatic heterocycles.